The highest BCUT2D eigenvalue weighted by Crippen LogP contribution is 2.14. The fourth-order valence-electron chi connectivity index (χ4n) is 1.60. The highest BCUT2D eigenvalue weighted by Gasteiger charge is 2.17. The standard InChI is InChI=1S/C11H19N5O2/c1-4-13-8(17)5-6-14-11(18)10-9(12)7(2)15-16(10)3/h4-6,12H2,1-3H3,(H,13,17)(H,14,18). The van der Waals surface area contributed by atoms with Gasteiger partial charge in [-0.3, -0.25) is 14.3 Å². The van der Waals surface area contributed by atoms with Crippen molar-refractivity contribution in [2.24, 2.45) is 7.05 Å². The molecule has 0 aliphatic carbocycles. The number of carbonyl (C=O) groups excluding carboxylic acids is 2. The Bertz CT molecular complexity index is 453. The van der Waals surface area contributed by atoms with Crippen LogP contribution in [0.25, 0.3) is 0 Å². The number of hydrogen-bond acceptors (Lipinski definition) is 4. The Balaban J connectivity index is 2.53. The lowest BCUT2D eigenvalue weighted by Crippen LogP contribution is -2.31. The number of rotatable bonds is 5. The Kier molecular flexibility index (Phi) is 4.70. The Hall–Kier alpha value is -2.05. The van der Waals surface area contributed by atoms with E-state index in [9.17, 15) is 9.59 Å². The molecule has 1 rings (SSSR count). The van der Waals surface area contributed by atoms with Crippen molar-refractivity contribution in [2.75, 3.05) is 18.8 Å². The van der Waals surface area contributed by atoms with Crippen LogP contribution in [0.4, 0.5) is 5.69 Å². The lowest BCUT2D eigenvalue weighted by molar-refractivity contribution is -0.120. The Morgan fingerprint density at radius 3 is 2.56 bits per heavy atom. The largest absolute Gasteiger partial charge is 0.395 e. The van der Waals surface area contributed by atoms with Gasteiger partial charge in [0.2, 0.25) is 5.91 Å². The van der Waals surface area contributed by atoms with Gasteiger partial charge in [-0.25, -0.2) is 0 Å². The summed E-state index contributed by atoms with van der Waals surface area (Å²) in [7, 11) is 1.65. The van der Waals surface area contributed by atoms with Crippen LogP contribution in [-0.4, -0.2) is 34.7 Å². The van der Waals surface area contributed by atoms with Gasteiger partial charge in [-0.15, -0.1) is 0 Å². The van der Waals surface area contributed by atoms with E-state index >= 15 is 0 Å². The number of aromatic nitrogens is 2. The van der Waals surface area contributed by atoms with E-state index < -0.39 is 0 Å². The molecule has 0 aliphatic heterocycles. The molecule has 0 unspecified atom stereocenters. The predicted molar refractivity (Wildman–Crippen MR) is 68.0 cm³/mol. The molecule has 0 saturated heterocycles. The topological polar surface area (TPSA) is 102 Å². The molecule has 0 fully saturated rings. The van der Waals surface area contributed by atoms with Crippen LogP contribution in [0, 0.1) is 6.92 Å². The van der Waals surface area contributed by atoms with Gasteiger partial charge in [-0.05, 0) is 13.8 Å². The highest BCUT2D eigenvalue weighted by atomic mass is 16.2. The minimum absolute atomic E-state index is 0.0908. The summed E-state index contributed by atoms with van der Waals surface area (Å²) in [5, 5.41) is 9.35. The van der Waals surface area contributed by atoms with Gasteiger partial charge in [0.1, 0.15) is 5.69 Å². The van der Waals surface area contributed by atoms with Gasteiger partial charge in [-0.2, -0.15) is 5.10 Å². The number of amides is 2. The molecular weight excluding hydrogens is 234 g/mol. The molecule has 0 aliphatic rings. The molecule has 0 bridgehead atoms. The Morgan fingerprint density at radius 1 is 1.39 bits per heavy atom. The van der Waals surface area contributed by atoms with Crippen LogP contribution in [0.2, 0.25) is 0 Å². The first-order valence-electron chi connectivity index (χ1n) is 5.81. The van der Waals surface area contributed by atoms with Crippen LogP contribution in [0.1, 0.15) is 29.5 Å². The van der Waals surface area contributed by atoms with Crippen molar-refractivity contribution in [3.8, 4) is 0 Å². The van der Waals surface area contributed by atoms with Crippen molar-refractivity contribution in [2.45, 2.75) is 20.3 Å². The van der Waals surface area contributed by atoms with Crippen LogP contribution < -0.4 is 16.4 Å². The normalized spacial score (nSPS) is 10.2. The molecule has 0 saturated carbocycles. The van der Waals surface area contributed by atoms with E-state index in [1.165, 1.54) is 4.68 Å². The first kappa shape index (κ1) is 14.0. The third-order valence-corrected chi connectivity index (χ3v) is 2.50. The number of carbonyl (C=O) groups is 2. The summed E-state index contributed by atoms with van der Waals surface area (Å²) in [6.07, 6.45) is 0.246. The highest BCUT2D eigenvalue weighted by molar-refractivity contribution is 5.98. The number of nitrogens with zero attached hydrogens (tertiary/aromatic N) is 2. The molecule has 1 heterocycles. The molecule has 0 atom stereocenters. The van der Waals surface area contributed by atoms with Gasteiger partial charge in [0.25, 0.3) is 5.91 Å². The van der Waals surface area contributed by atoms with Crippen LogP contribution in [0.3, 0.4) is 0 Å². The number of aryl methyl sites for hydroxylation is 2. The maximum atomic E-state index is 11.9. The van der Waals surface area contributed by atoms with Crippen molar-refractivity contribution in [1.82, 2.24) is 20.4 Å². The SMILES string of the molecule is CCNC(=O)CCNC(=O)c1c(N)c(C)nn1C. The van der Waals surface area contributed by atoms with E-state index in [4.69, 9.17) is 5.73 Å². The number of hydrogen-bond donors (Lipinski definition) is 3. The zero-order valence-corrected chi connectivity index (χ0v) is 10.9. The first-order valence-corrected chi connectivity index (χ1v) is 5.81. The monoisotopic (exact) mass is 253 g/mol. The van der Waals surface area contributed by atoms with Crippen molar-refractivity contribution in [1.29, 1.82) is 0 Å². The molecule has 1 aromatic rings. The van der Waals surface area contributed by atoms with Crippen molar-refractivity contribution >= 4 is 17.5 Å². The fourth-order valence-corrected chi connectivity index (χ4v) is 1.60. The summed E-state index contributed by atoms with van der Waals surface area (Å²) in [6.45, 7) is 4.44. The van der Waals surface area contributed by atoms with Gasteiger partial charge in [-0.1, -0.05) is 0 Å². The molecule has 0 aromatic carbocycles. The van der Waals surface area contributed by atoms with E-state index in [2.05, 4.69) is 15.7 Å². The summed E-state index contributed by atoms with van der Waals surface area (Å²) in [6, 6.07) is 0. The maximum absolute atomic E-state index is 11.9. The second-order valence-electron chi connectivity index (χ2n) is 3.93. The molecule has 7 nitrogen and oxygen atoms in total. The molecule has 2 amide bonds. The molecule has 18 heavy (non-hydrogen) atoms. The van der Waals surface area contributed by atoms with Gasteiger partial charge in [0, 0.05) is 26.6 Å². The Labute approximate surface area is 106 Å². The zero-order valence-electron chi connectivity index (χ0n) is 10.9. The van der Waals surface area contributed by atoms with Gasteiger partial charge in [0.15, 0.2) is 0 Å². The summed E-state index contributed by atoms with van der Waals surface area (Å²) >= 11 is 0. The minimum atomic E-state index is -0.320. The molecule has 100 valence electrons. The molecular formula is C11H19N5O2. The number of anilines is 1. The summed E-state index contributed by atoms with van der Waals surface area (Å²) in [4.78, 5) is 23.0. The third kappa shape index (κ3) is 3.22. The summed E-state index contributed by atoms with van der Waals surface area (Å²) < 4.78 is 1.44. The van der Waals surface area contributed by atoms with E-state index in [-0.39, 0.29) is 24.8 Å². The number of nitrogen functional groups attached to an aromatic ring is 1. The van der Waals surface area contributed by atoms with Crippen LogP contribution >= 0.6 is 0 Å². The number of nitrogens with two attached hydrogens (primary N) is 1. The second kappa shape index (κ2) is 6.04. The van der Waals surface area contributed by atoms with E-state index in [0.29, 0.717) is 23.6 Å². The van der Waals surface area contributed by atoms with Gasteiger partial charge in [0.05, 0.1) is 11.4 Å². The average molecular weight is 253 g/mol. The maximum Gasteiger partial charge on any atom is 0.271 e. The minimum Gasteiger partial charge on any atom is -0.395 e. The molecule has 0 radical (unpaired) electrons. The molecule has 1 aromatic heterocycles. The Morgan fingerprint density at radius 2 is 2.06 bits per heavy atom. The molecule has 4 N–H and O–H groups in total. The molecule has 7 heteroatoms. The second-order valence-corrected chi connectivity index (χ2v) is 3.93. The summed E-state index contributed by atoms with van der Waals surface area (Å²) in [5.74, 6) is -0.410. The lowest BCUT2D eigenvalue weighted by atomic mass is 10.3. The lowest BCUT2D eigenvalue weighted by Gasteiger charge is -2.06. The van der Waals surface area contributed by atoms with E-state index in [1.54, 1.807) is 14.0 Å². The van der Waals surface area contributed by atoms with Crippen LogP contribution in [0.5, 0.6) is 0 Å². The van der Waals surface area contributed by atoms with Crippen LogP contribution in [0.15, 0.2) is 0 Å². The van der Waals surface area contributed by atoms with Gasteiger partial charge >= 0.3 is 0 Å². The predicted octanol–water partition coefficient (Wildman–Crippen LogP) is -0.433. The van der Waals surface area contributed by atoms with E-state index in [0.717, 1.165) is 0 Å². The fraction of sp³-hybridized carbons (Fsp3) is 0.545. The van der Waals surface area contributed by atoms with Crippen LogP contribution in [-0.2, 0) is 11.8 Å². The zero-order chi connectivity index (χ0) is 13.7. The van der Waals surface area contributed by atoms with Crippen molar-refractivity contribution in [3.05, 3.63) is 11.4 Å². The smallest absolute Gasteiger partial charge is 0.271 e. The molecule has 0 spiro atoms. The quantitative estimate of drug-likeness (QED) is 0.662. The van der Waals surface area contributed by atoms with Crippen molar-refractivity contribution < 1.29 is 9.59 Å². The number of nitrogens with one attached hydrogen (secondary N) is 2. The van der Waals surface area contributed by atoms with Crippen molar-refractivity contribution in [3.63, 3.8) is 0 Å². The summed E-state index contributed by atoms with van der Waals surface area (Å²) in [5.41, 5.74) is 7.07. The third-order valence-electron chi connectivity index (χ3n) is 2.50. The van der Waals surface area contributed by atoms with Gasteiger partial charge < -0.3 is 16.4 Å². The first-order chi connectivity index (χ1) is 8.47. The van der Waals surface area contributed by atoms with E-state index in [1.807, 2.05) is 6.92 Å². The average Bonchev–Trinajstić information content (AvgIpc) is 2.53.